The SMILES string of the molecule is CC1CC(c2c[nH]c3c(F)cc(F)cc23)CC(C)(C)C1. The summed E-state index contributed by atoms with van der Waals surface area (Å²) in [5.41, 5.74) is 1.79. The predicted molar refractivity (Wildman–Crippen MR) is 77.8 cm³/mol. The number of hydrogen-bond acceptors (Lipinski definition) is 0. The summed E-state index contributed by atoms with van der Waals surface area (Å²) < 4.78 is 27.3. The second kappa shape index (κ2) is 4.57. The van der Waals surface area contributed by atoms with Crippen molar-refractivity contribution in [3.05, 3.63) is 35.5 Å². The average Bonchev–Trinajstić information content (AvgIpc) is 2.69. The summed E-state index contributed by atoms with van der Waals surface area (Å²) in [6.07, 6.45) is 5.25. The van der Waals surface area contributed by atoms with Crippen LogP contribution >= 0.6 is 0 Å². The lowest BCUT2D eigenvalue weighted by Gasteiger charge is -2.39. The number of hydrogen-bond donors (Lipinski definition) is 1. The van der Waals surface area contributed by atoms with Gasteiger partial charge in [0.2, 0.25) is 0 Å². The van der Waals surface area contributed by atoms with E-state index in [4.69, 9.17) is 0 Å². The minimum absolute atomic E-state index is 0.289. The normalized spacial score (nSPS) is 26.1. The van der Waals surface area contributed by atoms with Crippen LogP contribution in [0, 0.1) is 23.0 Å². The third-order valence-corrected chi connectivity index (χ3v) is 4.56. The van der Waals surface area contributed by atoms with Crippen LogP contribution in [-0.2, 0) is 0 Å². The Hall–Kier alpha value is -1.38. The molecule has 3 heteroatoms. The van der Waals surface area contributed by atoms with Crippen LogP contribution < -0.4 is 0 Å². The van der Waals surface area contributed by atoms with Crippen molar-refractivity contribution < 1.29 is 8.78 Å². The molecule has 2 unspecified atom stereocenters. The van der Waals surface area contributed by atoms with Crippen molar-refractivity contribution in [2.45, 2.75) is 46.0 Å². The van der Waals surface area contributed by atoms with Gasteiger partial charge in [0.1, 0.15) is 11.6 Å². The fourth-order valence-electron chi connectivity index (χ4n) is 4.10. The summed E-state index contributed by atoms with van der Waals surface area (Å²) in [6, 6.07) is 2.40. The number of rotatable bonds is 1. The van der Waals surface area contributed by atoms with E-state index in [9.17, 15) is 8.78 Å². The van der Waals surface area contributed by atoms with Gasteiger partial charge in [-0.05, 0) is 48.1 Å². The largest absolute Gasteiger partial charge is 0.359 e. The zero-order valence-electron chi connectivity index (χ0n) is 12.3. The lowest BCUT2D eigenvalue weighted by atomic mass is 9.66. The standard InChI is InChI=1S/C17H21F2N/c1-10-4-11(8-17(2,3)7-10)14-9-20-16-13(14)5-12(18)6-15(16)19/h5-6,9-11,20H,4,7-8H2,1-3H3. The molecule has 0 radical (unpaired) electrons. The molecule has 1 aromatic heterocycles. The molecular formula is C17H21F2N. The van der Waals surface area contributed by atoms with Crippen molar-refractivity contribution in [2.75, 3.05) is 0 Å². The Kier molecular flexibility index (Phi) is 3.11. The van der Waals surface area contributed by atoms with E-state index in [1.807, 2.05) is 6.20 Å². The van der Waals surface area contributed by atoms with Gasteiger partial charge in [-0.3, -0.25) is 0 Å². The molecule has 1 nitrogen and oxygen atoms in total. The molecule has 2 atom stereocenters. The number of benzene rings is 1. The van der Waals surface area contributed by atoms with E-state index in [1.54, 1.807) is 0 Å². The molecule has 0 aliphatic heterocycles. The molecule has 1 heterocycles. The van der Waals surface area contributed by atoms with Gasteiger partial charge in [0.05, 0.1) is 5.52 Å². The smallest absolute Gasteiger partial charge is 0.150 e. The Balaban J connectivity index is 2.06. The number of fused-ring (bicyclic) bond motifs is 1. The van der Waals surface area contributed by atoms with Gasteiger partial charge in [-0.25, -0.2) is 8.78 Å². The van der Waals surface area contributed by atoms with Crippen molar-refractivity contribution in [2.24, 2.45) is 11.3 Å². The third kappa shape index (κ3) is 2.34. The van der Waals surface area contributed by atoms with Gasteiger partial charge >= 0.3 is 0 Å². The van der Waals surface area contributed by atoms with E-state index in [2.05, 4.69) is 25.8 Å². The first-order valence-corrected chi connectivity index (χ1v) is 7.32. The van der Waals surface area contributed by atoms with Crippen LogP contribution in [0.2, 0.25) is 0 Å². The first-order valence-electron chi connectivity index (χ1n) is 7.32. The molecule has 1 N–H and O–H groups in total. The molecule has 1 fully saturated rings. The zero-order valence-corrected chi connectivity index (χ0v) is 12.3. The van der Waals surface area contributed by atoms with Crippen molar-refractivity contribution in [3.63, 3.8) is 0 Å². The van der Waals surface area contributed by atoms with Crippen molar-refractivity contribution in [1.29, 1.82) is 0 Å². The maximum atomic E-state index is 13.8. The second-order valence-electron chi connectivity index (χ2n) is 7.16. The van der Waals surface area contributed by atoms with E-state index in [1.165, 1.54) is 12.5 Å². The molecular weight excluding hydrogens is 256 g/mol. The summed E-state index contributed by atoms with van der Waals surface area (Å²) in [5, 5.41) is 0.706. The topological polar surface area (TPSA) is 15.8 Å². The zero-order chi connectivity index (χ0) is 14.5. The minimum atomic E-state index is -0.505. The maximum Gasteiger partial charge on any atom is 0.150 e. The average molecular weight is 277 g/mol. The number of halogens is 2. The van der Waals surface area contributed by atoms with Crippen molar-refractivity contribution >= 4 is 10.9 Å². The molecule has 0 amide bonds. The Morgan fingerprint density at radius 3 is 2.65 bits per heavy atom. The van der Waals surface area contributed by atoms with Crippen LogP contribution in [0.5, 0.6) is 0 Å². The second-order valence-corrected chi connectivity index (χ2v) is 7.16. The third-order valence-electron chi connectivity index (χ3n) is 4.56. The molecule has 0 spiro atoms. The van der Waals surface area contributed by atoms with Crippen LogP contribution in [-0.4, -0.2) is 4.98 Å². The Morgan fingerprint density at radius 2 is 1.95 bits per heavy atom. The highest BCUT2D eigenvalue weighted by molar-refractivity contribution is 5.84. The van der Waals surface area contributed by atoms with Gasteiger partial charge in [0, 0.05) is 17.6 Å². The summed E-state index contributed by atoms with van der Waals surface area (Å²) in [5.74, 6) is 0.0177. The fourth-order valence-corrected chi connectivity index (χ4v) is 4.10. The van der Waals surface area contributed by atoms with Gasteiger partial charge in [-0.15, -0.1) is 0 Å². The molecule has 2 aromatic rings. The van der Waals surface area contributed by atoms with Crippen molar-refractivity contribution in [3.8, 4) is 0 Å². The summed E-state index contributed by atoms with van der Waals surface area (Å²) in [7, 11) is 0. The first kappa shape index (κ1) is 13.6. The Labute approximate surface area is 118 Å². The summed E-state index contributed by atoms with van der Waals surface area (Å²) in [4.78, 5) is 2.98. The van der Waals surface area contributed by atoms with Gasteiger partial charge < -0.3 is 4.98 Å². The van der Waals surface area contributed by atoms with Gasteiger partial charge in [-0.1, -0.05) is 20.8 Å². The summed E-state index contributed by atoms with van der Waals surface area (Å²) >= 11 is 0. The highest BCUT2D eigenvalue weighted by Crippen LogP contribution is 2.47. The van der Waals surface area contributed by atoms with E-state index >= 15 is 0 Å². The quantitative estimate of drug-likeness (QED) is 0.720. The monoisotopic (exact) mass is 277 g/mol. The molecule has 20 heavy (non-hydrogen) atoms. The minimum Gasteiger partial charge on any atom is -0.359 e. The van der Waals surface area contributed by atoms with Crippen LogP contribution in [0.4, 0.5) is 8.78 Å². The molecule has 108 valence electrons. The summed E-state index contributed by atoms with van der Waals surface area (Å²) in [6.45, 7) is 6.83. The van der Waals surface area contributed by atoms with Crippen LogP contribution in [0.3, 0.4) is 0 Å². The highest BCUT2D eigenvalue weighted by atomic mass is 19.1. The van der Waals surface area contributed by atoms with Gasteiger partial charge in [-0.2, -0.15) is 0 Å². The van der Waals surface area contributed by atoms with E-state index in [0.29, 0.717) is 22.7 Å². The van der Waals surface area contributed by atoms with E-state index < -0.39 is 11.6 Å². The van der Waals surface area contributed by atoms with Gasteiger partial charge in [0.25, 0.3) is 0 Å². The van der Waals surface area contributed by atoms with Crippen LogP contribution in [0.1, 0.15) is 51.5 Å². The molecule has 3 rings (SSSR count). The van der Waals surface area contributed by atoms with Crippen LogP contribution in [0.15, 0.2) is 18.3 Å². The molecule has 1 aliphatic carbocycles. The van der Waals surface area contributed by atoms with Crippen molar-refractivity contribution in [1.82, 2.24) is 4.98 Å². The highest BCUT2D eigenvalue weighted by Gasteiger charge is 2.33. The van der Waals surface area contributed by atoms with E-state index in [0.717, 1.165) is 24.5 Å². The number of aromatic nitrogens is 1. The number of nitrogens with one attached hydrogen (secondary N) is 1. The fraction of sp³-hybridized carbons (Fsp3) is 0.529. The lowest BCUT2D eigenvalue weighted by molar-refractivity contribution is 0.169. The Morgan fingerprint density at radius 1 is 1.20 bits per heavy atom. The first-order chi connectivity index (χ1) is 9.35. The predicted octanol–water partition coefficient (Wildman–Crippen LogP) is 5.38. The molecule has 0 bridgehead atoms. The van der Waals surface area contributed by atoms with E-state index in [-0.39, 0.29) is 5.41 Å². The molecule has 1 saturated carbocycles. The molecule has 1 aliphatic rings. The van der Waals surface area contributed by atoms with Gasteiger partial charge in [0.15, 0.2) is 0 Å². The molecule has 1 aromatic carbocycles. The Bertz CT molecular complexity index is 642. The number of aromatic amines is 1. The van der Waals surface area contributed by atoms with Crippen LogP contribution in [0.25, 0.3) is 10.9 Å². The molecule has 0 saturated heterocycles. The number of H-pyrrole nitrogens is 1. The lowest BCUT2D eigenvalue weighted by Crippen LogP contribution is -2.26. The maximum absolute atomic E-state index is 13.8.